The molecule has 151 valence electrons. The lowest BCUT2D eigenvalue weighted by Crippen LogP contribution is -1.89. The van der Waals surface area contributed by atoms with Crippen molar-refractivity contribution in [1.29, 1.82) is 0 Å². The molecule has 0 fully saturated rings. The highest BCUT2D eigenvalue weighted by Gasteiger charge is 2.04. The van der Waals surface area contributed by atoms with Gasteiger partial charge in [0.25, 0.3) is 0 Å². The molecule has 0 N–H and O–H groups in total. The molecule has 0 aliphatic carbocycles. The molecule has 1 rings (SSSR count). The van der Waals surface area contributed by atoms with Gasteiger partial charge in [-0.3, -0.25) is 5.32 Å². The summed E-state index contributed by atoms with van der Waals surface area (Å²) in [7, 11) is 0. The van der Waals surface area contributed by atoms with E-state index in [0.29, 0.717) is 0 Å². The van der Waals surface area contributed by atoms with E-state index >= 15 is 0 Å². The van der Waals surface area contributed by atoms with Crippen molar-refractivity contribution < 1.29 is 0 Å². The van der Waals surface area contributed by atoms with Gasteiger partial charge >= 0.3 is 0 Å². The van der Waals surface area contributed by atoms with Crippen molar-refractivity contribution >= 4 is 0 Å². The molecule has 0 atom stereocenters. The minimum atomic E-state index is 1.23. The van der Waals surface area contributed by atoms with Gasteiger partial charge in [-0.05, 0) is 31.4 Å². The summed E-state index contributed by atoms with van der Waals surface area (Å²) in [5, 5.41) is 4.31. The second kappa shape index (κ2) is 17.7. The first kappa shape index (κ1) is 23.3. The molecule has 0 bridgehead atoms. The maximum Gasteiger partial charge on any atom is 0.0405 e. The van der Waals surface area contributed by atoms with Gasteiger partial charge in [0.1, 0.15) is 0 Å². The first-order valence-corrected chi connectivity index (χ1v) is 11.9. The number of hydrogen-bond acceptors (Lipinski definition) is 0. The Morgan fingerprint density at radius 1 is 0.577 bits per heavy atom. The van der Waals surface area contributed by atoms with Crippen LogP contribution in [0.3, 0.4) is 0 Å². The average Bonchev–Trinajstić information content (AvgIpc) is 3.05. The summed E-state index contributed by atoms with van der Waals surface area (Å²) in [6.45, 7) is 4.43. The molecule has 1 heterocycles. The van der Waals surface area contributed by atoms with Crippen LogP contribution < -0.4 is 5.32 Å². The zero-order valence-corrected chi connectivity index (χ0v) is 18.0. The van der Waals surface area contributed by atoms with E-state index in [1.807, 2.05) is 6.20 Å². The SMILES string of the molecule is CCCCCCCCCCCCCCCCCCCCC1=C(C)[N]C=C1. The molecule has 0 amide bonds. The van der Waals surface area contributed by atoms with E-state index in [0.717, 1.165) is 0 Å². The largest absolute Gasteiger partial charge is 0.261 e. The molecule has 0 aromatic heterocycles. The van der Waals surface area contributed by atoms with E-state index in [9.17, 15) is 0 Å². The highest BCUT2D eigenvalue weighted by atomic mass is 14.9. The van der Waals surface area contributed by atoms with Crippen LogP contribution >= 0.6 is 0 Å². The molecule has 0 saturated carbocycles. The lowest BCUT2D eigenvalue weighted by Gasteiger charge is -2.04. The second-order valence-corrected chi connectivity index (χ2v) is 8.32. The summed E-state index contributed by atoms with van der Waals surface area (Å²) in [4.78, 5) is 0. The van der Waals surface area contributed by atoms with Gasteiger partial charge in [0.05, 0.1) is 0 Å². The monoisotopic (exact) mass is 360 g/mol. The third-order valence-corrected chi connectivity index (χ3v) is 5.81. The van der Waals surface area contributed by atoms with E-state index in [4.69, 9.17) is 0 Å². The number of nitrogens with zero attached hydrogens (tertiary/aromatic N) is 1. The summed E-state index contributed by atoms with van der Waals surface area (Å²) < 4.78 is 0. The van der Waals surface area contributed by atoms with Crippen LogP contribution in [0.25, 0.3) is 0 Å². The fraction of sp³-hybridized carbons (Fsp3) is 0.840. The molecule has 0 aromatic rings. The number of hydrogen-bond donors (Lipinski definition) is 0. The third-order valence-electron chi connectivity index (χ3n) is 5.81. The summed E-state index contributed by atoms with van der Waals surface area (Å²) >= 11 is 0. The second-order valence-electron chi connectivity index (χ2n) is 8.32. The van der Waals surface area contributed by atoms with Crippen LogP contribution in [-0.4, -0.2) is 0 Å². The Kier molecular flexibility index (Phi) is 15.9. The van der Waals surface area contributed by atoms with E-state index in [1.165, 1.54) is 133 Å². The van der Waals surface area contributed by atoms with Crippen LogP contribution in [-0.2, 0) is 0 Å². The van der Waals surface area contributed by atoms with Crippen molar-refractivity contribution in [1.82, 2.24) is 5.32 Å². The van der Waals surface area contributed by atoms with Crippen LogP contribution in [0.1, 0.15) is 136 Å². The van der Waals surface area contributed by atoms with Crippen molar-refractivity contribution in [2.45, 2.75) is 136 Å². The minimum absolute atomic E-state index is 1.23. The van der Waals surface area contributed by atoms with Gasteiger partial charge in [-0.2, -0.15) is 0 Å². The topological polar surface area (TPSA) is 14.1 Å². The van der Waals surface area contributed by atoms with E-state index < -0.39 is 0 Å². The highest BCUT2D eigenvalue weighted by molar-refractivity contribution is 5.29. The summed E-state index contributed by atoms with van der Waals surface area (Å²) in [5.41, 5.74) is 2.69. The number of unbranched alkanes of at least 4 members (excludes halogenated alkanes) is 17. The molecule has 0 aromatic carbocycles. The Bertz CT molecular complexity index is 366. The van der Waals surface area contributed by atoms with Gasteiger partial charge in [-0.1, -0.05) is 116 Å². The number of rotatable bonds is 19. The first-order chi connectivity index (χ1) is 12.8. The maximum atomic E-state index is 4.31. The highest BCUT2D eigenvalue weighted by Crippen LogP contribution is 2.19. The Balaban J connectivity index is 1.68. The number of allylic oxidation sites excluding steroid dienone is 3. The van der Waals surface area contributed by atoms with Crippen molar-refractivity contribution in [3.05, 3.63) is 23.5 Å². The van der Waals surface area contributed by atoms with Gasteiger partial charge in [-0.15, -0.1) is 0 Å². The molecule has 0 saturated heterocycles. The molecule has 1 aliphatic rings. The van der Waals surface area contributed by atoms with Crippen molar-refractivity contribution in [2.24, 2.45) is 0 Å². The Morgan fingerprint density at radius 3 is 1.31 bits per heavy atom. The molecular weight excluding hydrogens is 314 g/mol. The van der Waals surface area contributed by atoms with E-state index in [1.54, 1.807) is 0 Å². The van der Waals surface area contributed by atoms with Gasteiger partial charge in [0.2, 0.25) is 0 Å². The first-order valence-electron chi connectivity index (χ1n) is 11.9. The molecule has 1 heteroatoms. The lowest BCUT2D eigenvalue weighted by molar-refractivity contribution is 0.525. The van der Waals surface area contributed by atoms with Crippen LogP contribution in [0.5, 0.6) is 0 Å². The normalized spacial score (nSPS) is 13.6. The zero-order chi connectivity index (χ0) is 18.7. The average molecular weight is 361 g/mol. The van der Waals surface area contributed by atoms with Crippen LogP contribution in [0, 0.1) is 0 Å². The molecule has 1 radical (unpaired) electrons. The quantitative estimate of drug-likeness (QED) is 0.204. The van der Waals surface area contributed by atoms with Crippen molar-refractivity contribution in [2.75, 3.05) is 0 Å². The van der Waals surface area contributed by atoms with Gasteiger partial charge in [0, 0.05) is 11.9 Å². The van der Waals surface area contributed by atoms with Gasteiger partial charge in [0.15, 0.2) is 0 Å². The van der Waals surface area contributed by atoms with Crippen LogP contribution in [0.2, 0.25) is 0 Å². The fourth-order valence-corrected chi connectivity index (χ4v) is 3.92. The zero-order valence-electron chi connectivity index (χ0n) is 18.0. The molecule has 26 heavy (non-hydrogen) atoms. The predicted molar refractivity (Wildman–Crippen MR) is 117 cm³/mol. The molecule has 1 nitrogen and oxygen atoms in total. The van der Waals surface area contributed by atoms with E-state index in [-0.39, 0.29) is 0 Å². The Labute approximate surface area is 165 Å². The third kappa shape index (κ3) is 13.5. The van der Waals surface area contributed by atoms with Crippen LogP contribution in [0.4, 0.5) is 0 Å². The molecule has 0 spiro atoms. The Hall–Kier alpha value is -0.720. The summed E-state index contributed by atoms with van der Waals surface area (Å²) in [6.07, 6.45) is 31.4. The molecule has 0 unspecified atom stereocenters. The summed E-state index contributed by atoms with van der Waals surface area (Å²) in [5.74, 6) is 0. The van der Waals surface area contributed by atoms with Crippen molar-refractivity contribution in [3.63, 3.8) is 0 Å². The maximum absolute atomic E-state index is 4.31. The standard InChI is InChI=1S/C25H46N/c1-3-4-5-6-7-8-9-10-11-12-13-14-15-16-17-18-19-20-21-25-22-23-26-24(25)2/h22-23H,3-21H2,1-2H3. The molecule has 1 aliphatic heterocycles. The van der Waals surface area contributed by atoms with Gasteiger partial charge < -0.3 is 0 Å². The van der Waals surface area contributed by atoms with Gasteiger partial charge in [-0.25, -0.2) is 0 Å². The lowest BCUT2D eigenvalue weighted by atomic mass is 10.0. The summed E-state index contributed by atoms with van der Waals surface area (Å²) in [6, 6.07) is 0. The smallest absolute Gasteiger partial charge is 0.0405 e. The Morgan fingerprint density at radius 2 is 0.962 bits per heavy atom. The predicted octanol–water partition coefficient (Wildman–Crippen LogP) is 8.82. The van der Waals surface area contributed by atoms with E-state index in [2.05, 4.69) is 25.2 Å². The molecular formula is C25H46N. The minimum Gasteiger partial charge on any atom is -0.261 e. The van der Waals surface area contributed by atoms with Crippen molar-refractivity contribution in [3.8, 4) is 0 Å². The fourth-order valence-electron chi connectivity index (χ4n) is 3.92. The van der Waals surface area contributed by atoms with Crippen LogP contribution in [0.15, 0.2) is 23.5 Å².